The van der Waals surface area contributed by atoms with Gasteiger partial charge in [-0.15, -0.1) is 0 Å². The van der Waals surface area contributed by atoms with Gasteiger partial charge in [0, 0.05) is 10.6 Å². The molecule has 0 aliphatic heterocycles. The molecule has 0 heterocycles. The average Bonchev–Trinajstić information content (AvgIpc) is 2.76. The number of hydrazone groups is 1. The number of nitrogens with one attached hydrogen (secondary N) is 2. The molecule has 2 amide bonds. The van der Waals surface area contributed by atoms with Gasteiger partial charge < -0.3 is 14.8 Å². The number of methoxy groups -OCH3 is 1. The Morgan fingerprint density at radius 2 is 1.94 bits per heavy atom. The third-order valence-electron chi connectivity index (χ3n) is 4.33. The van der Waals surface area contributed by atoms with E-state index in [1.54, 1.807) is 42.5 Å². The molecule has 1 unspecified atom stereocenters. The maximum atomic E-state index is 12.6. The summed E-state index contributed by atoms with van der Waals surface area (Å²) in [5.41, 5.74) is 3.56. The highest BCUT2D eigenvalue weighted by Crippen LogP contribution is 2.36. The third-order valence-corrected chi connectivity index (χ3v) is 5.17. The van der Waals surface area contributed by atoms with E-state index < -0.39 is 11.9 Å². The fourth-order valence-electron chi connectivity index (χ4n) is 2.70. The normalized spacial score (nSPS) is 11.8. The Morgan fingerprint density at radius 3 is 2.53 bits per heavy atom. The predicted octanol–water partition coefficient (Wildman–Crippen LogP) is 4.58. The quantitative estimate of drug-likeness (QED) is 0.272. The van der Waals surface area contributed by atoms with Crippen LogP contribution in [0.3, 0.4) is 0 Å². The predicted molar refractivity (Wildman–Crippen MR) is 130 cm³/mol. The van der Waals surface area contributed by atoms with Crippen LogP contribution in [0.15, 0.2) is 58.6 Å². The molecule has 0 aromatic heterocycles. The van der Waals surface area contributed by atoms with Gasteiger partial charge in [-0.25, -0.2) is 5.43 Å². The lowest BCUT2D eigenvalue weighted by Gasteiger charge is -2.20. The van der Waals surface area contributed by atoms with Gasteiger partial charge in [-0.1, -0.05) is 38.1 Å². The van der Waals surface area contributed by atoms with Gasteiger partial charge in [-0.3, -0.25) is 9.59 Å². The minimum Gasteiger partial charge on any atom is -0.493 e. The van der Waals surface area contributed by atoms with Gasteiger partial charge in [-0.2, -0.15) is 5.10 Å². The summed E-state index contributed by atoms with van der Waals surface area (Å²) in [4.78, 5) is 25.1. The topological polar surface area (TPSA) is 89.0 Å². The van der Waals surface area contributed by atoms with E-state index in [0.29, 0.717) is 38.7 Å². The van der Waals surface area contributed by atoms with E-state index in [4.69, 9.17) is 21.1 Å². The molecule has 0 saturated heterocycles. The molecule has 9 heteroatoms. The summed E-state index contributed by atoms with van der Waals surface area (Å²) in [5, 5.41) is 7.28. The number of ether oxygens (including phenoxy) is 2. The number of carbonyl (C=O) groups excluding carboxylic acids is 2. The van der Waals surface area contributed by atoms with Crippen molar-refractivity contribution in [1.29, 1.82) is 0 Å². The van der Waals surface area contributed by atoms with Crippen LogP contribution in [0.4, 0.5) is 0 Å². The average molecular weight is 523 g/mol. The maximum Gasteiger partial charge on any atom is 0.262 e. The number of rotatable bonds is 10. The van der Waals surface area contributed by atoms with E-state index in [1.807, 2.05) is 13.8 Å². The molecule has 0 spiro atoms. The molecule has 2 aromatic carbocycles. The molecule has 2 aromatic rings. The van der Waals surface area contributed by atoms with Crippen LogP contribution in [-0.2, 0) is 4.79 Å². The lowest BCUT2D eigenvalue weighted by Crippen LogP contribution is -2.48. The van der Waals surface area contributed by atoms with Crippen LogP contribution in [0.25, 0.3) is 0 Å². The molecular formula is C23H25BrClN3O4. The number of amides is 2. The summed E-state index contributed by atoms with van der Waals surface area (Å²) >= 11 is 9.30. The zero-order chi connectivity index (χ0) is 23.7. The first-order chi connectivity index (χ1) is 15.3. The van der Waals surface area contributed by atoms with E-state index in [2.05, 4.69) is 38.4 Å². The van der Waals surface area contributed by atoms with Crippen molar-refractivity contribution in [3.8, 4) is 11.5 Å². The van der Waals surface area contributed by atoms with Gasteiger partial charge in [0.25, 0.3) is 11.8 Å². The summed E-state index contributed by atoms with van der Waals surface area (Å²) in [7, 11) is 1.53. The number of nitrogens with zero attached hydrogens (tertiary/aromatic N) is 1. The van der Waals surface area contributed by atoms with Crippen molar-refractivity contribution in [3.05, 3.63) is 69.7 Å². The highest BCUT2D eigenvalue weighted by molar-refractivity contribution is 9.10. The van der Waals surface area contributed by atoms with E-state index in [0.717, 1.165) is 0 Å². The standard InChI is InChI=1S/C23H25BrClN3O4/c1-5-10-32-21-18(24)11-15(12-19(21)31-4)13-26-28-23(30)20(14(2)3)27-22(29)16-6-8-17(25)9-7-16/h5-9,11-14,20H,1,10H2,2-4H3,(H,27,29)(H,28,30). The minimum absolute atomic E-state index is 0.156. The number of carbonyl (C=O) groups is 2. The van der Waals surface area contributed by atoms with E-state index in [-0.39, 0.29) is 11.8 Å². The van der Waals surface area contributed by atoms with E-state index >= 15 is 0 Å². The van der Waals surface area contributed by atoms with Crippen LogP contribution < -0.4 is 20.2 Å². The van der Waals surface area contributed by atoms with Crippen LogP contribution >= 0.6 is 27.5 Å². The SMILES string of the molecule is C=CCOc1c(Br)cc(C=NNC(=O)C(NC(=O)c2ccc(Cl)cc2)C(C)C)cc1OC. The molecule has 1 atom stereocenters. The molecule has 0 radical (unpaired) electrons. The Bertz CT molecular complexity index is 993. The van der Waals surface area contributed by atoms with Gasteiger partial charge in [0.05, 0.1) is 17.8 Å². The smallest absolute Gasteiger partial charge is 0.262 e. The first kappa shape index (κ1) is 25.4. The second kappa shape index (κ2) is 12.3. The molecule has 2 rings (SSSR count). The van der Waals surface area contributed by atoms with Crippen LogP contribution in [0.1, 0.15) is 29.8 Å². The molecule has 0 bridgehead atoms. The zero-order valence-electron chi connectivity index (χ0n) is 18.0. The van der Waals surface area contributed by atoms with Crippen molar-refractivity contribution in [2.45, 2.75) is 19.9 Å². The largest absolute Gasteiger partial charge is 0.493 e. The summed E-state index contributed by atoms with van der Waals surface area (Å²) in [6, 6.07) is 9.15. The minimum atomic E-state index is -0.772. The fourth-order valence-corrected chi connectivity index (χ4v) is 3.40. The van der Waals surface area contributed by atoms with Gasteiger partial charge in [0.1, 0.15) is 12.6 Å². The monoisotopic (exact) mass is 521 g/mol. The Hall–Kier alpha value is -2.84. The third kappa shape index (κ3) is 7.10. The van der Waals surface area contributed by atoms with Crippen LogP contribution in [-0.4, -0.2) is 37.8 Å². The van der Waals surface area contributed by atoms with Crippen molar-refractivity contribution in [2.24, 2.45) is 11.0 Å². The van der Waals surface area contributed by atoms with Crippen molar-refractivity contribution in [1.82, 2.24) is 10.7 Å². The van der Waals surface area contributed by atoms with Crippen molar-refractivity contribution in [3.63, 3.8) is 0 Å². The first-order valence-corrected chi connectivity index (χ1v) is 10.9. The maximum absolute atomic E-state index is 12.6. The van der Waals surface area contributed by atoms with E-state index in [9.17, 15) is 9.59 Å². The second-order valence-electron chi connectivity index (χ2n) is 7.07. The molecule has 0 aliphatic carbocycles. The van der Waals surface area contributed by atoms with Gasteiger partial charge >= 0.3 is 0 Å². The Kier molecular flexibility index (Phi) is 9.74. The van der Waals surface area contributed by atoms with Crippen molar-refractivity contribution < 1.29 is 19.1 Å². The molecule has 32 heavy (non-hydrogen) atoms. The lowest BCUT2D eigenvalue weighted by molar-refractivity contribution is -0.123. The van der Waals surface area contributed by atoms with Crippen molar-refractivity contribution in [2.75, 3.05) is 13.7 Å². The molecule has 0 fully saturated rings. The lowest BCUT2D eigenvalue weighted by atomic mass is 10.0. The second-order valence-corrected chi connectivity index (χ2v) is 8.36. The number of benzene rings is 2. The highest BCUT2D eigenvalue weighted by Gasteiger charge is 2.24. The molecule has 170 valence electrons. The first-order valence-electron chi connectivity index (χ1n) is 9.77. The van der Waals surface area contributed by atoms with Gasteiger partial charge in [-0.05, 0) is 63.8 Å². The molecule has 7 nitrogen and oxygen atoms in total. The van der Waals surface area contributed by atoms with Gasteiger partial charge in [0.2, 0.25) is 0 Å². The molecular weight excluding hydrogens is 498 g/mol. The van der Waals surface area contributed by atoms with Crippen LogP contribution in [0.2, 0.25) is 5.02 Å². The van der Waals surface area contributed by atoms with Gasteiger partial charge in [0.15, 0.2) is 11.5 Å². The van der Waals surface area contributed by atoms with E-state index in [1.165, 1.54) is 13.3 Å². The fraction of sp³-hybridized carbons (Fsp3) is 0.261. The Morgan fingerprint density at radius 1 is 1.25 bits per heavy atom. The number of hydrogen-bond donors (Lipinski definition) is 2. The summed E-state index contributed by atoms with van der Waals surface area (Å²) < 4.78 is 11.6. The van der Waals surface area contributed by atoms with Crippen molar-refractivity contribution >= 4 is 45.6 Å². The Labute approximate surface area is 200 Å². The molecule has 0 saturated carbocycles. The Balaban J connectivity index is 2.07. The van der Waals surface area contributed by atoms with Crippen LogP contribution in [0.5, 0.6) is 11.5 Å². The summed E-state index contributed by atoms with van der Waals surface area (Å²) in [6.45, 7) is 7.62. The highest BCUT2D eigenvalue weighted by atomic mass is 79.9. The molecule has 0 aliphatic rings. The van der Waals surface area contributed by atoms with Crippen LogP contribution in [0, 0.1) is 5.92 Å². The summed E-state index contributed by atoms with van der Waals surface area (Å²) in [5.74, 6) is 0.0819. The number of halogens is 2. The zero-order valence-corrected chi connectivity index (χ0v) is 20.4. The molecule has 2 N–H and O–H groups in total. The number of hydrogen-bond acceptors (Lipinski definition) is 5. The summed E-state index contributed by atoms with van der Waals surface area (Å²) in [6.07, 6.45) is 3.11.